The number of aliphatic imine (C=N–C) groups is 1. The molecule has 2 N–H and O–H groups in total. The van der Waals surface area contributed by atoms with Crippen molar-refractivity contribution in [2.45, 2.75) is 30.8 Å². The highest BCUT2D eigenvalue weighted by Crippen LogP contribution is 2.33. The minimum Gasteiger partial charge on any atom is -0.385 e. The Morgan fingerprint density at radius 3 is 2.24 bits per heavy atom. The fourth-order valence-corrected chi connectivity index (χ4v) is 4.24. The van der Waals surface area contributed by atoms with Crippen LogP contribution in [0.5, 0.6) is 0 Å². The lowest BCUT2D eigenvalue weighted by Gasteiger charge is -2.20. The Hall–Kier alpha value is -2.51. The van der Waals surface area contributed by atoms with Crippen LogP contribution >= 0.6 is 23.2 Å². The molecule has 0 heterocycles. The third kappa shape index (κ3) is 6.30. The molecule has 0 spiro atoms. The van der Waals surface area contributed by atoms with Gasteiger partial charge in [-0.15, -0.1) is 0 Å². The summed E-state index contributed by atoms with van der Waals surface area (Å²) in [6.07, 6.45) is 1.25. The Labute approximate surface area is 204 Å². The van der Waals surface area contributed by atoms with Gasteiger partial charge in [0.15, 0.2) is 9.84 Å². The lowest BCUT2D eigenvalue weighted by atomic mass is 9.95. The zero-order chi connectivity index (χ0) is 24.4. The molecular weight excluding hydrogens is 479 g/mol. The molecule has 0 saturated heterocycles. The smallest absolute Gasteiger partial charge is 0.175 e. The fourth-order valence-electron chi connectivity index (χ4n) is 3.10. The summed E-state index contributed by atoms with van der Waals surface area (Å²) >= 11 is 12.9. The van der Waals surface area contributed by atoms with Crippen molar-refractivity contribution in [2.75, 3.05) is 6.26 Å². The van der Waals surface area contributed by atoms with E-state index in [4.69, 9.17) is 28.6 Å². The number of hydrogen-bond donors (Lipinski definition) is 2. The Kier molecular flexibility index (Phi) is 7.44. The van der Waals surface area contributed by atoms with Crippen LogP contribution in [0.25, 0.3) is 11.1 Å². The molecule has 0 aromatic heterocycles. The number of nitrogens with one attached hydrogen (secondary N) is 1. The van der Waals surface area contributed by atoms with Crippen LogP contribution in [0, 0.1) is 5.41 Å². The van der Waals surface area contributed by atoms with E-state index in [1.807, 2.05) is 12.1 Å². The van der Waals surface area contributed by atoms with E-state index in [1.165, 1.54) is 6.26 Å². The van der Waals surface area contributed by atoms with Crippen molar-refractivity contribution in [3.8, 4) is 11.1 Å². The van der Waals surface area contributed by atoms with E-state index < -0.39 is 15.4 Å². The van der Waals surface area contributed by atoms with Crippen LogP contribution in [-0.2, 0) is 9.84 Å². The molecule has 0 amide bonds. The molecular formula is C25H24Cl2N2O3S. The second-order valence-electron chi connectivity index (χ2n) is 8.22. The van der Waals surface area contributed by atoms with Gasteiger partial charge in [0.2, 0.25) is 0 Å². The first kappa shape index (κ1) is 25.1. The van der Waals surface area contributed by atoms with Crippen molar-refractivity contribution in [2.24, 2.45) is 4.99 Å². The molecule has 0 bridgehead atoms. The van der Waals surface area contributed by atoms with E-state index in [1.54, 1.807) is 68.4 Å². The summed E-state index contributed by atoms with van der Waals surface area (Å²) in [6.45, 7) is 3.10. The Bertz CT molecular complexity index is 1340. The maximum Gasteiger partial charge on any atom is 0.175 e. The van der Waals surface area contributed by atoms with E-state index in [-0.39, 0.29) is 17.0 Å². The zero-order valence-electron chi connectivity index (χ0n) is 18.4. The molecule has 0 fully saturated rings. The van der Waals surface area contributed by atoms with E-state index in [2.05, 4.69) is 4.99 Å². The van der Waals surface area contributed by atoms with Gasteiger partial charge in [0, 0.05) is 29.0 Å². The maximum atomic E-state index is 11.9. The molecule has 0 unspecified atom stereocenters. The fraction of sp³-hybridized carbons (Fsp3) is 0.200. The van der Waals surface area contributed by atoms with Crippen LogP contribution in [0.15, 0.2) is 76.6 Å². The molecule has 0 aliphatic heterocycles. The molecule has 0 aliphatic rings. The average Bonchev–Trinajstić information content (AvgIpc) is 2.73. The van der Waals surface area contributed by atoms with Gasteiger partial charge in [0.1, 0.15) is 0 Å². The van der Waals surface area contributed by atoms with Gasteiger partial charge in [0.05, 0.1) is 26.9 Å². The number of halogens is 2. The highest BCUT2D eigenvalue weighted by molar-refractivity contribution is 7.90. The van der Waals surface area contributed by atoms with Crippen LogP contribution in [0.2, 0.25) is 10.0 Å². The summed E-state index contributed by atoms with van der Waals surface area (Å²) in [6, 6.07) is 19.1. The molecule has 172 valence electrons. The van der Waals surface area contributed by atoms with E-state index >= 15 is 0 Å². The summed E-state index contributed by atoms with van der Waals surface area (Å²) in [5.74, 6) is 0. The molecule has 3 rings (SSSR count). The Balaban J connectivity index is 2.05. The second kappa shape index (κ2) is 9.77. The summed E-state index contributed by atoms with van der Waals surface area (Å²) in [7, 11) is -3.33. The normalized spacial score (nSPS) is 12.6. The molecule has 3 aromatic rings. The third-order valence-corrected chi connectivity index (χ3v) is 6.81. The minimum absolute atomic E-state index is 0.0850. The minimum atomic E-state index is -3.33. The number of hydrogen-bond acceptors (Lipinski definition) is 5. The van der Waals surface area contributed by atoms with Crippen LogP contribution in [0.3, 0.4) is 0 Å². The number of sulfone groups is 1. The number of aliphatic hydroxyl groups is 1. The van der Waals surface area contributed by atoms with E-state index in [0.717, 1.165) is 5.56 Å². The van der Waals surface area contributed by atoms with Gasteiger partial charge >= 0.3 is 0 Å². The second-order valence-corrected chi connectivity index (χ2v) is 11.0. The topological polar surface area (TPSA) is 90.6 Å². The van der Waals surface area contributed by atoms with Crippen molar-refractivity contribution < 1.29 is 13.5 Å². The van der Waals surface area contributed by atoms with Gasteiger partial charge < -0.3 is 10.5 Å². The lowest BCUT2D eigenvalue weighted by Crippen LogP contribution is -2.32. The van der Waals surface area contributed by atoms with Crippen molar-refractivity contribution in [3.05, 3.63) is 82.3 Å². The van der Waals surface area contributed by atoms with Crippen molar-refractivity contribution >= 4 is 50.1 Å². The first-order chi connectivity index (χ1) is 15.4. The SMILES string of the molecule is CC(C)(O)C(=N)CC(=Nc1ccc(-c2cccc(S(C)(=O)=O)c2)cc1Cl)c1ccccc1Cl. The molecule has 0 saturated carbocycles. The third-order valence-electron chi connectivity index (χ3n) is 5.07. The Morgan fingerprint density at radius 1 is 0.970 bits per heavy atom. The average molecular weight is 503 g/mol. The zero-order valence-corrected chi connectivity index (χ0v) is 20.8. The number of benzene rings is 3. The summed E-state index contributed by atoms with van der Waals surface area (Å²) in [5, 5.41) is 19.3. The Morgan fingerprint density at radius 2 is 1.64 bits per heavy atom. The van der Waals surface area contributed by atoms with Gasteiger partial charge in [-0.05, 0) is 55.3 Å². The summed E-state index contributed by atoms with van der Waals surface area (Å²) < 4.78 is 23.8. The van der Waals surface area contributed by atoms with E-state index in [0.29, 0.717) is 32.6 Å². The molecule has 0 atom stereocenters. The molecule has 3 aromatic carbocycles. The van der Waals surface area contributed by atoms with Gasteiger partial charge in [-0.25, -0.2) is 8.42 Å². The molecule has 8 heteroatoms. The first-order valence-corrected chi connectivity index (χ1v) is 12.7. The largest absolute Gasteiger partial charge is 0.385 e. The van der Waals surface area contributed by atoms with Crippen molar-refractivity contribution in [3.63, 3.8) is 0 Å². The highest BCUT2D eigenvalue weighted by Gasteiger charge is 2.23. The van der Waals surface area contributed by atoms with Crippen molar-refractivity contribution in [1.82, 2.24) is 0 Å². The van der Waals surface area contributed by atoms with Crippen LogP contribution in [0.4, 0.5) is 5.69 Å². The molecule has 0 aliphatic carbocycles. The number of rotatable bonds is 7. The quantitative estimate of drug-likeness (QED) is 0.368. The maximum absolute atomic E-state index is 11.9. The standard InChI is InChI=1S/C25H24Cl2N2O3S/c1-25(2,30)24(28)15-23(19-9-4-5-10-20(19)26)29-22-12-11-17(14-21(22)27)16-7-6-8-18(13-16)33(3,31)32/h4-14,28,30H,15H2,1-3H3. The first-order valence-electron chi connectivity index (χ1n) is 10.1. The predicted molar refractivity (Wildman–Crippen MR) is 136 cm³/mol. The lowest BCUT2D eigenvalue weighted by molar-refractivity contribution is 0.151. The van der Waals surface area contributed by atoms with Gasteiger partial charge in [-0.2, -0.15) is 0 Å². The highest BCUT2D eigenvalue weighted by atomic mass is 35.5. The predicted octanol–water partition coefficient (Wildman–Crippen LogP) is 6.37. The van der Waals surface area contributed by atoms with Gasteiger partial charge in [0.25, 0.3) is 0 Å². The molecule has 0 radical (unpaired) electrons. The van der Waals surface area contributed by atoms with Crippen molar-refractivity contribution in [1.29, 1.82) is 5.41 Å². The van der Waals surface area contributed by atoms with Crippen LogP contribution in [-0.4, -0.2) is 36.8 Å². The summed E-state index contributed by atoms with van der Waals surface area (Å²) in [5.41, 5.74) is 1.86. The van der Waals surface area contributed by atoms with Crippen LogP contribution < -0.4 is 0 Å². The van der Waals surface area contributed by atoms with Gasteiger partial charge in [-0.1, -0.05) is 59.6 Å². The summed E-state index contributed by atoms with van der Waals surface area (Å²) in [4.78, 5) is 4.91. The molecule has 5 nitrogen and oxygen atoms in total. The number of nitrogens with zero attached hydrogens (tertiary/aromatic N) is 1. The molecule has 33 heavy (non-hydrogen) atoms. The van der Waals surface area contributed by atoms with E-state index in [9.17, 15) is 13.5 Å². The van der Waals surface area contributed by atoms with Crippen LogP contribution in [0.1, 0.15) is 25.8 Å². The monoisotopic (exact) mass is 502 g/mol. The van der Waals surface area contributed by atoms with Gasteiger partial charge in [-0.3, -0.25) is 4.99 Å².